The number of carbonyl (C=O) groups excluding carboxylic acids is 1. The Hall–Kier alpha value is -2.37. The van der Waals surface area contributed by atoms with Gasteiger partial charge in [-0.15, -0.1) is 0 Å². The van der Waals surface area contributed by atoms with Crippen molar-refractivity contribution < 1.29 is 9.18 Å². The molecule has 0 fully saturated rings. The van der Waals surface area contributed by atoms with Gasteiger partial charge in [0.25, 0.3) is 5.91 Å². The Morgan fingerprint density at radius 2 is 1.92 bits per heavy atom. The predicted octanol–water partition coefficient (Wildman–Crippen LogP) is 5.09. The van der Waals surface area contributed by atoms with E-state index in [4.69, 9.17) is 23.2 Å². The van der Waals surface area contributed by atoms with Gasteiger partial charge in [0.2, 0.25) is 0 Å². The van der Waals surface area contributed by atoms with E-state index in [1.54, 1.807) is 32.2 Å². The van der Waals surface area contributed by atoms with Crippen molar-refractivity contribution in [2.75, 3.05) is 5.32 Å². The molecule has 0 aliphatic heterocycles. The van der Waals surface area contributed by atoms with E-state index in [1.807, 2.05) is 12.1 Å². The van der Waals surface area contributed by atoms with Gasteiger partial charge in [-0.05, 0) is 30.7 Å². The van der Waals surface area contributed by atoms with E-state index in [9.17, 15) is 9.18 Å². The number of halogens is 3. The molecule has 3 aromatic rings. The molecule has 0 aliphatic rings. The molecular formula is C18H14Cl2FN3O. The normalized spacial score (nSPS) is 10.8. The summed E-state index contributed by atoms with van der Waals surface area (Å²) in [5, 5.41) is 7.26. The molecule has 3 rings (SSSR count). The Balaban J connectivity index is 1.99. The number of para-hydroxylation sites is 1. The molecular weight excluding hydrogens is 364 g/mol. The van der Waals surface area contributed by atoms with Crippen LogP contribution in [-0.4, -0.2) is 15.7 Å². The maximum atomic E-state index is 13.4. The van der Waals surface area contributed by atoms with Crippen molar-refractivity contribution in [3.8, 4) is 11.1 Å². The predicted molar refractivity (Wildman–Crippen MR) is 97.8 cm³/mol. The summed E-state index contributed by atoms with van der Waals surface area (Å²) >= 11 is 12.0. The number of aromatic nitrogens is 2. The summed E-state index contributed by atoms with van der Waals surface area (Å²) in [5.41, 5.74) is 2.82. The summed E-state index contributed by atoms with van der Waals surface area (Å²) in [6.07, 6.45) is 0. The molecule has 1 N–H and O–H groups in total. The number of benzene rings is 2. The van der Waals surface area contributed by atoms with Crippen LogP contribution in [-0.2, 0) is 7.05 Å². The average molecular weight is 378 g/mol. The van der Waals surface area contributed by atoms with Crippen LogP contribution in [0.3, 0.4) is 0 Å². The largest absolute Gasteiger partial charge is 0.321 e. The Morgan fingerprint density at radius 3 is 2.56 bits per heavy atom. The molecule has 0 bridgehead atoms. The van der Waals surface area contributed by atoms with Crippen molar-refractivity contribution in [1.82, 2.24) is 9.78 Å². The topological polar surface area (TPSA) is 46.9 Å². The van der Waals surface area contributed by atoms with E-state index in [0.717, 1.165) is 5.56 Å². The van der Waals surface area contributed by atoms with Crippen LogP contribution < -0.4 is 5.32 Å². The fourth-order valence-corrected chi connectivity index (χ4v) is 3.02. The summed E-state index contributed by atoms with van der Waals surface area (Å²) in [6, 6.07) is 11.6. The number of amides is 1. The number of nitrogens with zero attached hydrogens (tertiary/aromatic N) is 2. The first kappa shape index (κ1) is 17.5. The molecule has 0 radical (unpaired) electrons. The number of anilines is 1. The monoisotopic (exact) mass is 377 g/mol. The van der Waals surface area contributed by atoms with Crippen LogP contribution in [0.2, 0.25) is 10.2 Å². The van der Waals surface area contributed by atoms with Gasteiger partial charge in [0, 0.05) is 18.3 Å². The third-order valence-corrected chi connectivity index (χ3v) is 4.51. The molecule has 1 aromatic heterocycles. The molecule has 25 heavy (non-hydrogen) atoms. The molecule has 4 nitrogen and oxygen atoms in total. The first-order valence-corrected chi connectivity index (χ1v) is 8.19. The SMILES string of the molecule is Cc1nn(C)c(Cl)c1C(=O)Nc1ccccc1-c1ccc(F)c(Cl)c1. The average Bonchev–Trinajstić information content (AvgIpc) is 2.83. The zero-order chi connectivity index (χ0) is 18.1. The minimum Gasteiger partial charge on any atom is -0.321 e. The van der Waals surface area contributed by atoms with Crippen LogP contribution in [0, 0.1) is 12.7 Å². The van der Waals surface area contributed by atoms with Gasteiger partial charge in [0.1, 0.15) is 11.0 Å². The third-order valence-electron chi connectivity index (χ3n) is 3.79. The summed E-state index contributed by atoms with van der Waals surface area (Å²) in [5.74, 6) is -0.860. The van der Waals surface area contributed by atoms with E-state index in [-0.39, 0.29) is 16.1 Å². The fraction of sp³-hybridized carbons (Fsp3) is 0.111. The first-order valence-electron chi connectivity index (χ1n) is 7.43. The molecule has 128 valence electrons. The van der Waals surface area contributed by atoms with Crippen molar-refractivity contribution in [2.24, 2.45) is 7.05 Å². The van der Waals surface area contributed by atoms with Gasteiger partial charge < -0.3 is 5.32 Å². The van der Waals surface area contributed by atoms with Crippen LogP contribution in [0.25, 0.3) is 11.1 Å². The van der Waals surface area contributed by atoms with Crippen LogP contribution in [0.5, 0.6) is 0 Å². The maximum absolute atomic E-state index is 13.4. The Labute approximate surface area is 154 Å². The molecule has 1 heterocycles. The van der Waals surface area contributed by atoms with Gasteiger partial charge in [0.15, 0.2) is 0 Å². The zero-order valence-corrected chi connectivity index (χ0v) is 15.0. The number of nitrogens with one attached hydrogen (secondary N) is 1. The summed E-state index contributed by atoms with van der Waals surface area (Å²) in [7, 11) is 1.67. The highest BCUT2D eigenvalue weighted by Gasteiger charge is 2.20. The summed E-state index contributed by atoms with van der Waals surface area (Å²) in [6.45, 7) is 1.71. The van der Waals surface area contributed by atoms with Crippen LogP contribution in [0.4, 0.5) is 10.1 Å². The van der Waals surface area contributed by atoms with Crippen molar-refractivity contribution in [3.05, 3.63) is 69.7 Å². The molecule has 1 amide bonds. The van der Waals surface area contributed by atoms with Crippen molar-refractivity contribution in [2.45, 2.75) is 6.92 Å². The van der Waals surface area contributed by atoms with Gasteiger partial charge in [-0.2, -0.15) is 5.10 Å². The lowest BCUT2D eigenvalue weighted by molar-refractivity contribution is 0.102. The smallest absolute Gasteiger partial charge is 0.260 e. The van der Waals surface area contributed by atoms with Crippen molar-refractivity contribution in [3.63, 3.8) is 0 Å². The summed E-state index contributed by atoms with van der Waals surface area (Å²) < 4.78 is 14.9. The number of carbonyl (C=O) groups is 1. The molecule has 0 unspecified atom stereocenters. The van der Waals surface area contributed by atoms with E-state index >= 15 is 0 Å². The molecule has 7 heteroatoms. The zero-order valence-electron chi connectivity index (χ0n) is 13.5. The Morgan fingerprint density at radius 1 is 1.20 bits per heavy atom. The molecule has 0 aliphatic carbocycles. The van der Waals surface area contributed by atoms with Crippen molar-refractivity contribution in [1.29, 1.82) is 0 Å². The highest BCUT2D eigenvalue weighted by molar-refractivity contribution is 6.33. The lowest BCUT2D eigenvalue weighted by atomic mass is 10.0. The highest BCUT2D eigenvalue weighted by atomic mass is 35.5. The van der Waals surface area contributed by atoms with Crippen LogP contribution >= 0.6 is 23.2 Å². The second-order valence-electron chi connectivity index (χ2n) is 5.50. The minimum atomic E-state index is -0.496. The number of rotatable bonds is 3. The second-order valence-corrected chi connectivity index (χ2v) is 6.27. The van der Waals surface area contributed by atoms with Gasteiger partial charge >= 0.3 is 0 Å². The minimum absolute atomic E-state index is 0.0183. The first-order chi connectivity index (χ1) is 11.9. The number of hydrogen-bond acceptors (Lipinski definition) is 2. The molecule has 0 saturated heterocycles. The highest BCUT2D eigenvalue weighted by Crippen LogP contribution is 2.31. The second kappa shape index (κ2) is 6.86. The lowest BCUT2D eigenvalue weighted by Crippen LogP contribution is -2.13. The molecule has 2 aromatic carbocycles. The fourth-order valence-electron chi connectivity index (χ4n) is 2.58. The van der Waals surface area contributed by atoms with E-state index in [1.165, 1.54) is 16.8 Å². The molecule has 0 spiro atoms. The van der Waals surface area contributed by atoms with E-state index < -0.39 is 5.82 Å². The maximum Gasteiger partial charge on any atom is 0.260 e. The van der Waals surface area contributed by atoms with E-state index in [2.05, 4.69) is 10.4 Å². The van der Waals surface area contributed by atoms with Gasteiger partial charge in [-0.3, -0.25) is 9.48 Å². The Bertz CT molecular complexity index is 969. The van der Waals surface area contributed by atoms with Gasteiger partial charge in [-0.25, -0.2) is 4.39 Å². The van der Waals surface area contributed by atoms with Crippen molar-refractivity contribution >= 4 is 34.8 Å². The van der Waals surface area contributed by atoms with Crippen LogP contribution in [0.1, 0.15) is 16.1 Å². The third kappa shape index (κ3) is 3.38. The standard InChI is InChI=1S/C18H14Cl2FN3O/c1-10-16(17(20)24(2)23-10)18(25)22-15-6-4-3-5-12(15)11-7-8-14(21)13(19)9-11/h3-9H,1-2H3,(H,22,25). The number of aryl methyl sites for hydroxylation is 2. The van der Waals surface area contributed by atoms with E-state index in [0.29, 0.717) is 22.5 Å². The quantitative estimate of drug-likeness (QED) is 0.690. The Kier molecular flexibility index (Phi) is 4.79. The summed E-state index contributed by atoms with van der Waals surface area (Å²) in [4.78, 5) is 12.6. The van der Waals surface area contributed by atoms with Gasteiger partial charge in [-0.1, -0.05) is 47.5 Å². The molecule has 0 atom stereocenters. The number of hydrogen-bond donors (Lipinski definition) is 1. The molecule has 0 saturated carbocycles. The lowest BCUT2D eigenvalue weighted by Gasteiger charge is -2.12. The van der Waals surface area contributed by atoms with Crippen LogP contribution in [0.15, 0.2) is 42.5 Å². The van der Waals surface area contributed by atoms with Gasteiger partial charge in [0.05, 0.1) is 16.3 Å².